The van der Waals surface area contributed by atoms with Gasteiger partial charge in [0.25, 0.3) is 0 Å². The van der Waals surface area contributed by atoms with Crippen LogP contribution < -0.4 is 5.73 Å². The Morgan fingerprint density at radius 2 is 2.19 bits per heavy atom. The van der Waals surface area contributed by atoms with Gasteiger partial charge >= 0.3 is 0 Å². The molecule has 5 heteroatoms. The molecular weight excluding hydrogens is 264 g/mol. The Balaban J connectivity index is 1.62. The summed E-state index contributed by atoms with van der Waals surface area (Å²) in [4.78, 5) is 10.2. The van der Waals surface area contributed by atoms with E-state index in [1.165, 1.54) is 5.56 Å². The number of furan rings is 1. The zero-order valence-electron chi connectivity index (χ0n) is 12.4. The number of hydrogen-bond acceptors (Lipinski definition) is 4. The van der Waals surface area contributed by atoms with Crippen molar-refractivity contribution in [1.29, 1.82) is 0 Å². The van der Waals surface area contributed by atoms with E-state index in [2.05, 4.69) is 21.9 Å². The number of nitrogens with one attached hydrogen (secondary N) is 1. The van der Waals surface area contributed by atoms with Gasteiger partial charge in [-0.15, -0.1) is 0 Å². The fraction of sp³-hybridized carbons (Fsp3) is 0.312. The van der Waals surface area contributed by atoms with E-state index in [0.29, 0.717) is 0 Å². The number of imidazole rings is 1. The van der Waals surface area contributed by atoms with E-state index in [1.807, 2.05) is 31.2 Å². The van der Waals surface area contributed by atoms with Crippen molar-refractivity contribution in [3.63, 3.8) is 0 Å². The maximum atomic E-state index is 5.78. The zero-order chi connectivity index (χ0) is 14.8. The van der Waals surface area contributed by atoms with Gasteiger partial charge < -0.3 is 20.0 Å². The van der Waals surface area contributed by atoms with E-state index >= 15 is 0 Å². The van der Waals surface area contributed by atoms with Gasteiger partial charge in [0.2, 0.25) is 0 Å². The molecule has 5 nitrogen and oxygen atoms in total. The Hall–Kier alpha value is -2.27. The van der Waals surface area contributed by atoms with Crippen molar-refractivity contribution in [2.75, 3.05) is 19.3 Å². The predicted molar refractivity (Wildman–Crippen MR) is 84.0 cm³/mol. The van der Waals surface area contributed by atoms with Crippen molar-refractivity contribution in [1.82, 2.24) is 14.9 Å². The monoisotopic (exact) mass is 284 g/mol. The fourth-order valence-corrected chi connectivity index (χ4v) is 2.44. The van der Waals surface area contributed by atoms with Crippen LogP contribution in [0.15, 0.2) is 34.9 Å². The van der Waals surface area contributed by atoms with Gasteiger partial charge in [0.1, 0.15) is 11.6 Å². The number of H-pyrrole nitrogens is 1. The molecule has 0 aliphatic carbocycles. The quantitative estimate of drug-likeness (QED) is 0.707. The van der Waals surface area contributed by atoms with Crippen molar-refractivity contribution in [2.24, 2.45) is 0 Å². The molecular formula is C16H20N4O. The smallest absolute Gasteiger partial charge is 0.108 e. The van der Waals surface area contributed by atoms with Gasteiger partial charge in [0.05, 0.1) is 17.3 Å². The highest BCUT2D eigenvalue weighted by atomic mass is 16.3. The lowest BCUT2D eigenvalue weighted by Crippen LogP contribution is -2.21. The summed E-state index contributed by atoms with van der Waals surface area (Å²) in [6, 6.07) is 7.77. The number of rotatable bonds is 5. The van der Waals surface area contributed by atoms with Crippen LogP contribution in [0.25, 0.3) is 11.0 Å². The second-order valence-electron chi connectivity index (χ2n) is 5.45. The van der Waals surface area contributed by atoms with E-state index in [-0.39, 0.29) is 0 Å². The molecule has 2 heterocycles. The normalized spacial score (nSPS) is 11.6. The Kier molecular flexibility index (Phi) is 3.66. The third-order valence-corrected chi connectivity index (χ3v) is 3.69. The molecule has 0 aliphatic rings. The number of aromatic nitrogens is 2. The van der Waals surface area contributed by atoms with Crippen molar-refractivity contribution >= 4 is 16.7 Å². The summed E-state index contributed by atoms with van der Waals surface area (Å²) in [5.41, 5.74) is 9.73. The number of nitrogens with zero attached hydrogens (tertiary/aromatic N) is 2. The van der Waals surface area contributed by atoms with E-state index < -0.39 is 0 Å². The Bertz CT molecular complexity index is 744. The average molecular weight is 284 g/mol. The van der Waals surface area contributed by atoms with Gasteiger partial charge in [-0.1, -0.05) is 0 Å². The highest BCUT2D eigenvalue weighted by Crippen LogP contribution is 2.16. The van der Waals surface area contributed by atoms with E-state index in [9.17, 15) is 0 Å². The van der Waals surface area contributed by atoms with E-state index in [4.69, 9.17) is 10.2 Å². The number of benzene rings is 1. The summed E-state index contributed by atoms with van der Waals surface area (Å²) in [5, 5.41) is 0. The first kappa shape index (κ1) is 13.7. The van der Waals surface area contributed by atoms with Crippen LogP contribution in [0.4, 0.5) is 5.69 Å². The zero-order valence-corrected chi connectivity index (χ0v) is 12.4. The van der Waals surface area contributed by atoms with Crippen LogP contribution in [0.3, 0.4) is 0 Å². The standard InChI is InChI=1S/C16H20N4O/c1-11-12(6-8-21-11)10-20(2)7-5-16-18-14-4-3-13(17)9-15(14)19-16/h3-4,6,8-9H,5,7,10,17H2,1-2H3,(H,18,19). The summed E-state index contributed by atoms with van der Waals surface area (Å²) in [7, 11) is 2.10. The third kappa shape index (κ3) is 3.08. The second kappa shape index (κ2) is 5.61. The Morgan fingerprint density at radius 1 is 1.33 bits per heavy atom. The van der Waals surface area contributed by atoms with Crippen LogP contribution in [0, 0.1) is 6.92 Å². The van der Waals surface area contributed by atoms with Gasteiger partial charge in [-0.25, -0.2) is 4.98 Å². The molecule has 0 spiro atoms. The molecule has 0 radical (unpaired) electrons. The summed E-state index contributed by atoms with van der Waals surface area (Å²) in [6.45, 7) is 3.81. The minimum Gasteiger partial charge on any atom is -0.469 e. The average Bonchev–Trinajstić information content (AvgIpc) is 3.02. The first-order valence-corrected chi connectivity index (χ1v) is 7.07. The van der Waals surface area contributed by atoms with Crippen LogP contribution in [0.2, 0.25) is 0 Å². The molecule has 3 N–H and O–H groups in total. The molecule has 1 aromatic carbocycles. The molecule has 0 saturated heterocycles. The maximum absolute atomic E-state index is 5.78. The van der Waals surface area contributed by atoms with Crippen molar-refractivity contribution in [3.8, 4) is 0 Å². The lowest BCUT2D eigenvalue weighted by atomic mass is 10.2. The highest BCUT2D eigenvalue weighted by Gasteiger charge is 2.08. The summed E-state index contributed by atoms with van der Waals surface area (Å²) < 4.78 is 5.32. The third-order valence-electron chi connectivity index (χ3n) is 3.69. The molecule has 0 amide bonds. The van der Waals surface area contributed by atoms with Gasteiger partial charge in [0.15, 0.2) is 0 Å². The minimum atomic E-state index is 0.755. The first-order chi connectivity index (χ1) is 10.1. The molecule has 0 aliphatic heterocycles. The van der Waals surface area contributed by atoms with Crippen molar-refractivity contribution < 1.29 is 4.42 Å². The lowest BCUT2D eigenvalue weighted by Gasteiger charge is -2.15. The topological polar surface area (TPSA) is 71.1 Å². The maximum Gasteiger partial charge on any atom is 0.108 e. The van der Waals surface area contributed by atoms with Gasteiger partial charge in [-0.3, -0.25) is 0 Å². The van der Waals surface area contributed by atoms with Crippen LogP contribution in [0.1, 0.15) is 17.1 Å². The van der Waals surface area contributed by atoms with Gasteiger partial charge in [-0.2, -0.15) is 0 Å². The van der Waals surface area contributed by atoms with Crippen LogP contribution >= 0.6 is 0 Å². The molecule has 0 atom stereocenters. The second-order valence-corrected chi connectivity index (χ2v) is 5.45. The number of anilines is 1. The largest absolute Gasteiger partial charge is 0.469 e. The molecule has 2 aromatic heterocycles. The van der Waals surface area contributed by atoms with E-state index in [0.717, 1.165) is 47.8 Å². The summed E-state index contributed by atoms with van der Waals surface area (Å²) >= 11 is 0. The molecule has 21 heavy (non-hydrogen) atoms. The SMILES string of the molecule is Cc1occc1CN(C)CCc1nc2ccc(N)cc2[nH]1. The lowest BCUT2D eigenvalue weighted by molar-refractivity contribution is 0.326. The molecule has 0 bridgehead atoms. The number of nitrogens with two attached hydrogens (primary N) is 1. The molecule has 110 valence electrons. The Labute approximate surface area is 123 Å². The number of likely N-dealkylation sites (N-methyl/N-ethyl adjacent to an activating group) is 1. The molecule has 3 aromatic rings. The van der Waals surface area contributed by atoms with Crippen LogP contribution in [0.5, 0.6) is 0 Å². The minimum absolute atomic E-state index is 0.755. The first-order valence-electron chi connectivity index (χ1n) is 7.07. The summed E-state index contributed by atoms with van der Waals surface area (Å²) in [5.74, 6) is 1.98. The predicted octanol–water partition coefficient (Wildman–Crippen LogP) is 2.72. The number of nitrogen functional groups attached to an aromatic ring is 1. The van der Waals surface area contributed by atoms with Crippen LogP contribution in [-0.4, -0.2) is 28.5 Å². The number of hydrogen-bond donors (Lipinski definition) is 2. The number of aryl methyl sites for hydroxylation is 1. The fourth-order valence-electron chi connectivity index (χ4n) is 2.44. The summed E-state index contributed by atoms with van der Waals surface area (Å²) in [6.07, 6.45) is 2.62. The van der Waals surface area contributed by atoms with Crippen molar-refractivity contribution in [2.45, 2.75) is 19.9 Å². The van der Waals surface area contributed by atoms with E-state index in [1.54, 1.807) is 6.26 Å². The molecule has 0 fully saturated rings. The molecule has 3 rings (SSSR count). The van der Waals surface area contributed by atoms with Gasteiger partial charge in [0, 0.05) is 30.8 Å². The van der Waals surface area contributed by atoms with Gasteiger partial charge in [-0.05, 0) is 38.2 Å². The molecule has 0 saturated carbocycles. The van der Waals surface area contributed by atoms with Crippen molar-refractivity contribution in [3.05, 3.63) is 47.7 Å². The number of aromatic amines is 1. The Morgan fingerprint density at radius 3 is 2.95 bits per heavy atom. The highest BCUT2D eigenvalue weighted by molar-refractivity contribution is 5.78. The van der Waals surface area contributed by atoms with Crippen LogP contribution in [-0.2, 0) is 13.0 Å². The molecule has 0 unspecified atom stereocenters. The number of fused-ring (bicyclic) bond motifs is 1.